The van der Waals surface area contributed by atoms with Crippen molar-refractivity contribution in [2.24, 2.45) is 0 Å². The molecule has 2 aliphatic rings. The minimum absolute atomic E-state index is 0.0469. The third-order valence-corrected chi connectivity index (χ3v) is 5.23. The normalized spacial score (nSPS) is 19.3. The van der Waals surface area contributed by atoms with E-state index in [0.29, 0.717) is 50.0 Å². The van der Waals surface area contributed by atoms with Gasteiger partial charge < -0.3 is 19.7 Å². The number of hydrogen-bond acceptors (Lipinski definition) is 7. The van der Waals surface area contributed by atoms with Crippen LogP contribution in [0.4, 0.5) is 10.9 Å². The minimum atomic E-state index is -0.470. The smallest absolute Gasteiger partial charge is 0.273 e. The molecule has 1 spiro atoms. The number of amides is 1. The summed E-state index contributed by atoms with van der Waals surface area (Å²) in [4.78, 5) is 23.3. The highest BCUT2D eigenvalue weighted by molar-refractivity contribution is 7.14. The summed E-state index contributed by atoms with van der Waals surface area (Å²) in [6.07, 6.45) is 1.42. The zero-order valence-electron chi connectivity index (χ0n) is 14.0. The number of rotatable bonds is 3. The highest BCUT2D eigenvalue weighted by atomic mass is 32.1. The van der Waals surface area contributed by atoms with Crippen LogP contribution in [0.5, 0.6) is 0 Å². The van der Waals surface area contributed by atoms with Gasteiger partial charge in [-0.25, -0.2) is 9.97 Å². The SMILES string of the molecule is Cc1cccc(Nc2nc(C(=O)N3CCC4(CC3)OCCO4)cs2)n1. The summed E-state index contributed by atoms with van der Waals surface area (Å²) in [5.74, 6) is 0.209. The van der Waals surface area contributed by atoms with E-state index in [9.17, 15) is 4.79 Å². The largest absolute Gasteiger partial charge is 0.347 e. The number of likely N-dealkylation sites (tertiary alicyclic amines) is 1. The fourth-order valence-corrected chi connectivity index (χ4v) is 3.84. The second-order valence-corrected chi connectivity index (χ2v) is 7.09. The first-order chi connectivity index (χ1) is 12.1. The summed E-state index contributed by atoms with van der Waals surface area (Å²) in [7, 11) is 0. The van der Waals surface area contributed by atoms with Crippen molar-refractivity contribution in [3.8, 4) is 0 Å². The van der Waals surface area contributed by atoms with Gasteiger partial charge in [0.25, 0.3) is 5.91 Å². The van der Waals surface area contributed by atoms with Crippen LogP contribution in [-0.4, -0.2) is 52.9 Å². The van der Waals surface area contributed by atoms with Crippen LogP contribution in [-0.2, 0) is 9.47 Å². The molecule has 2 aromatic rings. The lowest BCUT2D eigenvalue weighted by Gasteiger charge is -2.37. The molecule has 1 N–H and O–H groups in total. The number of carbonyl (C=O) groups excluding carboxylic acids is 1. The van der Waals surface area contributed by atoms with Crippen LogP contribution >= 0.6 is 11.3 Å². The molecule has 0 saturated carbocycles. The molecule has 2 fully saturated rings. The van der Waals surface area contributed by atoms with Crippen molar-refractivity contribution in [2.75, 3.05) is 31.6 Å². The van der Waals surface area contributed by atoms with E-state index in [-0.39, 0.29) is 5.91 Å². The molecular formula is C17H20N4O3S. The average molecular weight is 360 g/mol. The highest BCUT2D eigenvalue weighted by Gasteiger charge is 2.41. The van der Waals surface area contributed by atoms with E-state index in [1.54, 1.807) is 5.38 Å². The number of carbonyl (C=O) groups is 1. The summed E-state index contributed by atoms with van der Waals surface area (Å²) in [6.45, 7) is 4.46. The summed E-state index contributed by atoms with van der Waals surface area (Å²) in [6, 6.07) is 5.74. The second-order valence-electron chi connectivity index (χ2n) is 6.23. The Morgan fingerprint density at radius 2 is 2.00 bits per heavy atom. The predicted molar refractivity (Wildman–Crippen MR) is 94.1 cm³/mol. The molecule has 2 saturated heterocycles. The molecule has 0 radical (unpaired) electrons. The number of piperidine rings is 1. The molecule has 132 valence electrons. The number of hydrogen-bond donors (Lipinski definition) is 1. The van der Waals surface area contributed by atoms with E-state index in [1.165, 1.54) is 11.3 Å². The van der Waals surface area contributed by atoms with E-state index >= 15 is 0 Å². The molecule has 1 amide bonds. The van der Waals surface area contributed by atoms with Crippen molar-refractivity contribution in [3.05, 3.63) is 35.0 Å². The topological polar surface area (TPSA) is 76.6 Å². The Kier molecular flexibility index (Phi) is 4.41. The van der Waals surface area contributed by atoms with Gasteiger partial charge in [-0.05, 0) is 19.1 Å². The maximum atomic E-state index is 12.7. The fraction of sp³-hybridized carbons (Fsp3) is 0.471. The molecule has 0 atom stereocenters. The van der Waals surface area contributed by atoms with Crippen molar-refractivity contribution >= 4 is 28.2 Å². The molecule has 0 aromatic carbocycles. The second kappa shape index (κ2) is 6.70. The fourth-order valence-electron chi connectivity index (χ4n) is 3.15. The maximum Gasteiger partial charge on any atom is 0.273 e. The molecule has 8 heteroatoms. The van der Waals surface area contributed by atoms with Crippen LogP contribution < -0.4 is 5.32 Å². The van der Waals surface area contributed by atoms with Crippen molar-refractivity contribution < 1.29 is 14.3 Å². The molecule has 4 rings (SSSR count). The predicted octanol–water partition coefficient (Wildman–Crippen LogP) is 2.57. The summed E-state index contributed by atoms with van der Waals surface area (Å²) >= 11 is 1.40. The third kappa shape index (κ3) is 3.51. The summed E-state index contributed by atoms with van der Waals surface area (Å²) in [5, 5.41) is 5.60. The van der Waals surface area contributed by atoms with Crippen LogP contribution in [0.2, 0.25) is 0 Å². The standard InChI is InChI=1S/C17H20N4O3S/c1-12-3-2-4-14(18-12)20-16-19-13(11-25-16)15(22)21-7-5-17(6-8-21)23-9-10-24-17/h2-4,11H,5-10H2,1H3,(H,18,19,20). The number of pyridine rings is 1. The Labute approximate surface area is 150 Å². The number of ether oxygens (including phenoxy) is 2. The maximum absolute atomic E-state index is 12.7. The van der Waals surface area contributed by atoms with Gasteiger partial charge in [-0.3, -0.25) is 4.79 Å². The van der Waals surface area contributed by atoms with Crippen molar-refractivity contribution in [3.63, 3.8) is 0 Å². The van der Waals surface area contributed by atoms with Crippen molar-refractivity contribution in [2.45, 2.75) is 25.6 Å². The zero-order valence-corrected chi connectivity index (χ0v) is 14.8. The molecule has 2 aliphatic heterocycles. The van der Waals surface area contributed by atoms with Gasteiger partial charge in [0, 0.05) is 37.0 Å². The molecule has 25 heavy (non-hydrogen) atoms. The lowest BCUT2D eigenvalue weighted by Crippen LogP contribution is -2.47. The van der Waals surface area contributed by atoms with E-state index in [1.807, 2.05) is 30.0 Å². The van der Waals surface area contributed by atoms with Gasteiger partial charge in [0.15, 0.2) is 10.9 Å². The van der Waals surface area contributed by atoms with Crippen LogP contribution in [0.1, 0.15) is 29.0 Å². The Balaban J connectivity index is 1.39. The van der Waals surface area contributed by atoms with Gasteiger partial charge in [-0.1, -0.05) is 6.07 Å². The molecule has 7 nitrogen and oxygen atoms in total. The first kappa shape index (κ1) is 16.4. The van der Waals surface area contributed by atoms with Crippen LogP contribution in [0.3, 0.4) is 0 Å². The van der Waals surface area contributed by atoms with Gasteiger partial charge in [0.1, 0.15) is 11.5 Å². The number of aryl methyl sites for hydroxylation is 1. The first-order valence-electron chi connectivity index (χ1n) is 8.37. The van der Waals surface area contributed by atoms with Gasteiger partial charge >= 0.3 is 0 Å². The van der Waals surface area contributed by atoms with Crippen LogP contribution in [0, 0.1) is 6.92 Å². The van der Waals surface area contributed by atoms with Crippen LogP contribution in [0.25, 0.3) is 0 Å². The first-order valence-corrected chi connectivity index (χ1v) is 9.25. The Bertz CT molecular complexity index is 763. The third-order valence-electron chi connectivity index (χ3n) is 4.47. The molecule has 4 heterocycles. The Hall–Kier alpha value is -2.03. The molecular weight excluding hydrogens is 340 g/mol. The Morgan fingerprint density at radius 3 is 2.72 bits per heavy atom. The summed E-state index contributed by atoms with van der Waals surface area (Å²) < 4.78 is 11.4. The van der Waals surface area contributed by atoms with Crippen LogP contribution in [0.15, 0.2) is 23.6 Å². The lowest BCUT2D eigenvalue weighted by molar-refractivity contribution is -0.181. The number of nitrogens with zero attached hydrogens (tertiary/aromatic N) is 3. The zero-order chi connectivity index (χ0) is 17.3. The average Bonchev–Trinajstić information content (AvgIpc) is 3.25. The van der Waals surface area contributed by atoms with Gasteiger partial charge in [-0.2, -0.15) is 0 Å². The quantitative estimate of drug-likeness (QED) is 0.907. The molecule has 0 aliphatic carbocycles. The van der Waals surface area contributed by atoms with Crippen molar-refractivity contribution in [1.82, 2.24) is 14.9 Å². The number of aromatic nitrogens is 2. The molecule has 0 bridgehead atoms. The van der Waals surface area contributed by atoms with Crippen molar-refractivity contribution in [1.29, 1.82) is 0 Å². The van der Waals surface area contributed by atoms with E-state index in [4.69, 9.17) is 9.47 Å². The lowest BCUT2D eigenvalue weighted by atomic mass is 10.0. The molecule has 2 aromatic heterocycles. The summed E-state index contributed by atoms with van der Waals surface area (Å²) in [5.41, 5.74) is 1.39. The van der Waals surface area contributed by atoms with Gasteiger partial charge in [-0.15, -0.1) is 11.3 Å². The molecule has 0 unspecified atom stereocenters. The number of nitrogens with one attached hydrogen (secondary N) is 1. The van der Waals surface area contributed by atoms with E-state index in [2.05, 4.69) is 15.3 Å². The highest BCUT2D eigenvalue weighted by Crippen LogP contribution is 2.32. The van der Waals surface area contributed by atoms with E-state index in [0.717, 1.165) is 11.5 Å². The minimum Gasteiger partial charge on any atom is -0.347 e. The number of thiazole rings is 1. The monoisotopic (exact) mass is 360 g/mol. The Morgan fingerprint density at radius 1 is 1.24 bits per heavy atom. The van der Waals surface area contributed by atoms with Gasteiger partial charge in [0.2, 0.25) is 0 Å². The van der Waals surface area contributed by atoms with Gasteiger partial charge in [0.05, 0.1) is 13.2 Å². The van der Waals surface area contributed by atoms with E-state index < -0.39 is 5.79 Å². The number of anilines is 2.